The lowest BCUT2D eigenvalue weighted by Crippen LogP contribution is -2.49. The van der Waals surface area contributed by atoms with Crippen molar-refractivity contribution in [3.63, 3.8) is 0 Å². The fraction of sp³-hybridized carbons (Fsp3) is 0.700. The Kier molecular flexibility index (Phi) is 5.39. The molecule has 1 aromatic rings. The van der Waals surface area contributed by atoms with Crippen molar-refractivity contribution >= 4 is 23.7 Å². The van der Waals surface area contributed by atoms with E-state index < -0.39 is 11.2 Å². The molecule has 2 heterocycles. The van der Waals surface area contributed by atoms with Crippen LogP contribution in [0.25, 0.3) is 0 Å². The Balaban J connectivity index is 0.00000162. The summed E-state index contributed by atoms with van der Waals surface area (Å²) in [4.78, 5) is 6.27. The molecule has 0 radical (unpaired) electrons. The van der Waals surface area contributed by atoms with Crippen LogP contribution in [-0.4, -0.2) is 35.6 Å². The van der Waals surface area contributed by atoms with Crippen molar-refractivity contribution in [2.75, 3.05) is 19.6 Å². The SMILES string of the molecule is CC1CNCCN1Cc1cnc(C(F)(F)F)s1.Cl. The van der Waals surface area contributed by atoms with Gasteiger partial charge in [-0.15, -0.1) is 23.7 Å². The zero-order valence-corrected chi connectivity index (χ0v) is 11.5. The average Bonchev–Trinajstić information content (AvgIpc) is 2.69. The number of hydrogen-bond acceptors (Lipinski definition) is 4. The summed E-state index contributed by atoms with van der Waals surface area (Å²) < 4.78 is 37.1. The molecule has 0 bridgehead atoms. The van der Waals surface area contributed by atoms with Crippen molar-refractivity contribution in [1.29, 1.82) is 0 Å². The molecule has 1 saturated heterocycles. The molecule has 1 aliphatic heterocycles. The van der Waals surface area contributed by atoms with E-state index in [0.717, 1.165) is 31.0 Å². The minimum absolute atomic E-state index is 0. The van der Waals surface area contributed by atoms with Gasteiger partial charge in [-0.25, -0.2) is 4.98 Å². The van der Waals surface area contributed by atoms with Crippen LogP contribution < -0.4 is 5.32 Å². The maximum atomic E-state index is 12.4. The molecule has 2 rings (SSSR count). The molecule has 1 N–H and O–H groups in total. The first kappa shape index (κ1) is 15.7. The van der Waals surface area contributed by atoms with E-state index in [9.17, 15) is 13.2 Å². The van der Waals surface area contributed by atoms with Gasteiger partial charge in [0.2, 0.25) is 0 Å². The number of aromatic nitrogens is 1. The molecule has 1 aromatic heterocycles. The number of alkyl halides is 3. The van der Waals surface area contributed by atoms with E-state index in [1.54, 1.807) is 0 Å². The van der Waals surface area contributed by atoms with Gasteiger partial charge in [-0.1, -0.05) is 0 Å². The summed E-state index contributed by atoms with van der Waals surface area (Å²) in [6, 6.07) is 0.347. The second-order valence-corrected chi connectivity index (χ2v) is 5.27. The highest BCUT2D eigenvalue weighted by atomic mass is 35.5. The lowest BCUT2D eigenvalue weighted by atomic mass is 10.2. The maximum Gasteiger partial charge on any atom is 0.443 e. The maximum absolute atomic E-state index is 12.4. The summed E-state index contributed by atoms with van der Waals surface area (Å²) >= 11 is 0.737. The third kappa shape index (κ3) is 3.81. The molecule has 0 saturated carbocycles. The van der Waals surface area contributed by atoms with Crippen molar-refractivity contribution < 1.29 is 13.2 Å². The van der Waals surface area contributed by atoms with Gasteiger partial charge in [0, 0.05) is 43.3 Å². The molecule has 104 valence electrons. The van der Waals surface area contributed by atoms with Crippen LogP contribution in [0.3, 0.4) is 0 Å². The summed E-state index contributed by atoms with van der Waals surface area (Å²) in [5, 5.41) is 2.49. The second-order valence-electron chi connectivity index (χ2n) is 4.15. The topological polar surface area (TPSA) is 28.2 Å². The number of halogens is 4. The highest BCUT2D eigenvalue weighted by Gasteiger charge is 2.34. The molecule has 1 atom stereocenters. The number of thiazole rings is 1. The Hall–Kier alpha value is -0.370. The van der Waals surface area contributed by atoms with E-state index in [1.807, 2.05) is 0 Å². The Morgan fingerprint density at radius 2 is 2.28 bits per heavy atom. The van der Waals surface area contributed by atoms with Crippen molar-refractivity contribution in [2.45, 2.75) is 25.7 Å². The second kappa shape index (κ2) is 6.18. The van der Waals surface area contributed by atoms with Crippen LogP contribution in [0.15, 0.2) is 6.20 Å². The van der Waals surface area contributed by atoms with E-state index >= 15 is 0 Å². The molecule has 3 nitrogen and oxygen atoms in total. The zero-order valence-electron chi connectivity index (χ0n) is 9.83. The molecule has 1 fully saturated rings. The van der Waals surface area contributed by atoms with Gasteiger partial charge in [-0.2, -0.15) is 13.2 Å². The first-order valence-corrected chi connectivity index (χ1v) is 6.25. The molecule has 0 amide bonds. The van der Waals surface area contributed by atoms with E-state index in [-0.39, 0.29) is 12.4 Å². The van der Waals surface area contributed by atoms with Gasteiger partial charge >= 0.3 is 6.18 Å². The van der Waals surface area contributed by atoms with Gasteiger partial charge in [-0.05, 0) is 6.92 Å². The van der Waals surface area contributed by atoms with Crippen LogP contribution in [0.2, 0.25) is 0 Å². The lowest BCUT2D eigenvalue weighted by Gasteiger charge is -2.33. The molecule has 8 heteroatoms. The highest BCUT2D eigenvalue weighted by Crippen LogP contribution is 2.32. The smallest absolute Gasteiger partial charge is 0.314 e. The largest absolute Gasteiger partial charge is 0.443 e. The van der Waals surface area contributed by atoms with Crippen molar-refractivity contribution in [3.8, 4) is 0 Å². The van der Waals surface area contributed by atoms with Gasteiger partial charge < -0.3 is 5.32 Å². The number of rotatable bonds is 2. The van der Waals surface area contributed by atoms with Crippen LogP contribution in [0.5, 0.6) is 0 Å². The summed E-state index contributed by atoms with van der Waals surface area (Å²) in [5.74, 6) is 0. The number of piperazine rings is 1. The van der Waals surface area contributed by atoms with E-state index in [0.29, 0.717) is 17.5 Å². The van der Waals surface area contributed by atoms with Crippen molar-refractivity contribution in [1.82, 2.24) is 15.2 Å². The summed E-state index contributed by atoms with van der Waals surface area (Å²) in [5.41, 5.74) is 0. The quantitative estimate of drug-likeness (QED) is 0.909. The first-order valence-electron chi connectivity index (χ1n) is 5.43. The third-order valence-electron chi connectivity index (χ3n) is 2.79. The molecule has 1 aliphatic rings. The van der Waals surface area contributed by atoms with Crippen molar-refractivity contribution in [2.24, 2.45) is 0 Å². The molecular formula is C10H15ClF3N3S. The summed E-state index contributed by atoms with van der Waals surface area (Å²) in [6.07, 6.45) is -2.99. The zero-order chi connectivity index (χ0) is 12.5. The number of nitrogens with one attached hydrogen (secondary N) is 1. The minimum Gasteiger partial charge on any atom is -0.314 e. The van der Waals surface area contributed by atoms with E-state index in [2.05, 4.69) is 22.1 Å². The first-order chi connectivity index (χ1) is 7.97. The molecule has 1 unspecified atom stereocenters. The van der Waals surface area contributed by atoms with Crippen LogP contribution in [0.1, 0.15) is 16.8 Å². The molecule has 0 spiro atoms. The van der Waals surface area contributed by atoms with Crippen LogP contribution >= 0.6 is 23.7 Å². The van der Waals surface area contributed by atoms with Gasteiger partial charge in [0.05, 0.1) is 0 Å². The van der Waals surface area contributed by atoms with Crippen LogP contribution in [0.4, 0.5) is 13.2 Å². The lowest BCUT2D eigenvalue weighted by molar-refractivity contribution is -0.137. The van der Waals surface area contributed by atoms with Crippen LogP contribution in [0, 0.1) is 0 Å². The molecule has 18 heavy (non-hydrogen) atoms. The van der Waals surface area contributed by atoms with E-state index in [1.165, 1.54) is 6.20 Å². The van der Waals surface area contributed by atoms with Gasteiger partial charge in [0.1, 0.15) is 0 Å². The van der Waals surface area contributed by atoms with Crippen LogP contribution in [-0.2, 0) is 12.7 Å². The number of nitrogens with zero attached hydrogens (tertiary/aromatic N) is 2. The number of hydrogen-bond donors (Lipinski definition) is 1. The predicted molar refractivity (Wildman–Crippen MR) is 67.1 cm³/mol. The monoisotopic (exact) mass is 301 g/mol. The van der Waals surface area contributed by atoms with Gasteiger partial charge in [0.15, 0.2) is 5.01 Å². The van der Waals surface area contributed by atoms with Gasteiger partial charge in [0.25, 0.3) is 0 Å². The third-order valence-corrected chi connectivity index (χ3v) is 3.82. The molecular weight excluding hydrogens is 287 g/mol. The summed E-state index contributed by atoms with van der Waals surface area (Å²) in [6.45, 7) is 5.25. The van der Waals surface area contributed by atoms with Gasteiger partial charge in [-0.3, -0.25) is 4.90 Å². The fourth-order valence-electron chi connectivity index (χ4n) is 1.83. The highest BCUT2D eigenvalue weighted by molar-refractivity contribution is 7.11. The fourth-order valence-corrected chi connectivity index (χ4v) is 2.64. The normalized spacial score (nSPS) is 21.7. The molecule has 0 aliphatic carbocycles. The summed E-state index contributed by atoms with van der Waals surface area (Å²) in [7, 11) is 0. The molecule has 0 aromatic carbocycles. The Labute approximate surface area is 114 Å². The Bertz CT molecular complexity index is 383. The average molecular weight is 302 g/mol. The Morgan fingerprint density at radius 1 is 1.56 bits per heavy atom. The minimum atomic E-state index is -4.32. The predicted octanol–water partition coefficient (Wildman–Crippen LogP) is 2.38. The standard InChI is InChI=1S/C10H14F3N3S.ClH/c1-7-4-14-2-3-16(7)6-8-5-15-9(17-8)10(11,12)13;/h5,7,14H,2-4,6H2,1H3;1H. The van der Waals surface area contributed by atoms with Crippen molar-refractivity contribution in [3.05, 3.63) is 16.1 Å². The Morgan fingerprint density at radius 3 is 2.83 bits per heavy atom. The van der Waals surface area contributed by atoms with E-state index in [4.69, 9.17) is 0 Å².